The Labute approximate surface area is 97.2 Å². The van der Waals surface area contributed by atoms with Crippen LogP contribution in [0.1, 0.15) is 20.8 Å². The third-order valence-electron chi connectivity index (χ3n) is 2.60. The van der Waals surface area contributed by atoms with Crippen molar-refractivity contribution in [1.82, 2.24) is 0 Å². The van der Waals surface area contributed by atoms with E-state index in [1.807, 2.05) is 12.2 Å². The molecule has 0 aliphatic heterocycles. The number of halogens is 1. The van der Waals surface area contributed by atoms with E-state index in [9.17, 15) is 0 Å². The molecule has 0 aromatic carbocycles. The van der Waals surface area contributed by atoms with Crippen LogP contribution in [0.5, 0.6) is 0 Å². The van der Waals surface area contributed by atoms with E-state index < -0.39 is 8.32 Å². The van der Waals surface area contributed by atoms with Gasteiger partial charge in [-0.05, 0) is 29.0 Å². The van der Waals surface area contributed by atoms with E-state index in [4.69, 9.17) is 4.43 Å². The molecule has 1 nitrogen and oxygen atoms in total. The molecule has 0 radical (unpaired) electrons. The first-order chi connectivity index (χ1) is 6.31. The highest BCUT2D eigenvalue weighted by Crippen LogP contribution is 2.36. The van der Waals surface area contributed by atoms with Crippen molar-refractivity contribution in [2.75, 3.05) is 6.61 Å². The predicted molar refractivity (Wildman–Crippen MR) is 69.0 cm³/mol. The lowest BCUT2D eigenvalue weighted by Crippen LogP contribution is -2.40. The Morgan fingerprint density at radius 3 is 2.36 bits per heavy atom. The van der Waals surface area contributed by atoms with E-state index in [2.05, 4.69) is 60.5 Å². The molecule has 0 saturated heterocycles. The van der Waals surface area contributed by atoms with Crippen molar-refractivity contribution >= 4 is 24.2 Å². The quantitative estimate of drug-likeness (QED) is 0.560. The number of rotatable bonds is 3. The maximum atomic E-state index is 5.91. The van der Waals surface area contributed by atoms with Gasteiger partial charge in [-0.15, -0.1) is 0 Å². The maximum absolute atomic E-state index is 5.91. The zero-order valence-corrected chi connectivity index (χ0v) is 12.2. The lowest BCUT2D eigenvalue weighted by Gasteiger charge is -2.35. The molecule has 3 heteroatoms. The summed E-state index contributed by atoms with van der Waals surface area (Å²) in [5.74, 6) is 2.79. The van der Waals surface area contributed by atoms with Gasteiger partial charge in [-0.2, -0.15) is 0 Å². The van der Waals surface area contributed by atoms with Gasteiger partial charge in [0.1, 0.15) is 0 Å². The van der Waals surface area contributed by atoms with Gasteiger partial charge >= 0.3 is 0 Å². The molecule has 0 heterocycles. The lowest BCUT2D eigenvalue weighted by atomic mass is 10.2. The highest BCUT2D eigenvalue weighted by atomic mass is 79.9. The van der Waals surface area contributed by atoms with E-state index in [0.717, 1.165) is 0 Å². The van der Waals surface area contributed by atoms with Crippen LogP contribution in [0.3, 0.4) is 0 Å². The third kappa shape index (κ3) is 4.99. The summed E-state index contributed by atoms with van der Waals surface area (Å²) in [6, 6.07) is 0. The minimum absolute atomic E-state index is 0.280. The molecule has 0 spiro atoms. The highest BCUT2D eigenvalue weighted by molar-refractivity contribution is 9.12. The maximum Gasteiger partial charge on any atom is 0.192 e. The molecule has 0 N–H and O–H groups in total. The van der Waals surface area contributed by atoms with Crippen LogP contribution in [0.25, 0.3) is 0 Å². The van der Waals surface area contributed by atoms with Gasteiger partial charge in [-0.1, -0.05) is 32.8 Å². The SMILES string of the molecule is CC(C)(C)[Si](C)(C)OC/C=C/C#CBr. The Hall–Kier alpha value is -0.0431. The van der Waals surface area contributed by atoms with E-state index >= 15 is 0 Å². The molecule has 0 unspecified atom stereocenters. The van der Waals surface area contributed by atoms with E-state index in [1.165, 1.54) is 0 Å². The van der Waals surface area contributed by atoms with Crippen molar-refractivity contribution in [2.24, 2.45) is 0 Å². The second-order valence-electron chi connectivity index (χ2n) is 4.71. The number of allylic oxidation sites excluding steroid dienone is 1. The van der Waals surface area contributed by atoms with Crippen molar-refractivity contribution in [2.45, 2.75) is 38.9 Å². The second kappa shape index (κ2) is 5.74. The summed E-state index contributed by atoms with van der Waals surface area (Å²) in [5, 5.41) is 0.280. The van der Waals surface area contributed by atoms with Crippen molar-refractivity contribution in [3.8, 4) is 10.8 Å². The first kappa shape index (κ1) is 14.0. The Bertz CT molecular complexity index is 253. The van der Waals surface area contributed by atoms with Crippen LogP contribution in [0.4, 0.5) is 0 Å². The fourth-order valence-electron chi connectivity index (χ4n) is 0.611. The lowest BCUT2D eigenvalue weighted by molar-refractivity contribution is 0.328. The molecule has 0 aliphatic rings. The van der Waals surface area contributed by atoms with Crippen molar-refractivity contribution in [3.63, 3.8) is 0 Å². The Kier molecular flexibility index (Phi) is 5.73. The van der Waals surface area contributed by atoms with Crippen LogP contribution in [0, 0.1) is 10.8 Å². The predicted octanol–water partition coefficient (Wildman–Crippen LogP) is 3.92. The normalized spacial score (nSPS) is 12.7. The van der Waals surface area contributed by atoms with E-state index in [-0.39, 0.29) is 5.04 Å². The van der Waals surface area contributed by atoms with Crippen LogP contribution in [0.2, 0.25) is 18.1 Å². The minimum Gasteiger partial charge on any atom is -0.413 e. The minimum atomic E-state index is -1.58. The van der Waals surface area contributed by atoms with Gasteiger partial charge in [0.2, 0.25) is 0 Å². The Morgan fingerprint density at radius 1 is 1.36 bits per heavy atom. The van der Waals surface area contributed by atoms with Crippen LogP contribution < -0.4 is 0 Å². The van der Waals surface area contributed by atoms with Crippen molar-refractivity contribution in [1.29, 1.82) is 0 Å². The van der Waals surface area contributed by atoms with Gasteiger partial charge in [-0.3, -0.25) is 0 Å². The molecule has 0 aromatic rings. The summed E-state index contributed by atoms with van der Waals surface area (Å²) in [6.07, 6.45) is 3.76. The zero-order chi connectivity index (χ0) is 11.2. The molecule has 0 atom stereocenters. The summed E-state index contributed by atoms with van der Waals surface area (Å²) >= 11 is 3.03. The van der Waals surface area contributed by atoms with Crippen LogP contribution in [-0.2, 0) is 4.43 Å². The molecule has 0 fully saturated rings. The molecule has 0 aromatic heterocycles. The summed E-state index contributed by atoms with van der Waals surface area (Å²) in [5.41, 5.74) is 0. The summed E-state index contributed by atoms with van der Waals surface area (Å²) in [6.45, 7) is 11.9. The number of hydrogen-bond acceptors (Lipinski definition) is 1. The van der Waals surface area contributed by atoms with E-state index in [0.29, 0.717) is 6.61 Å². The van der Waals surface area contributed by atoms with Gasteiger partial charge in [0, 0.05) is 15.9 Å². The molecule has 14 heavy (non-hydrogen) atoms. The van der Waals surface area contributed by atoms with Crippen LogP contribution in [0.15, 0.2) is 12.2 Å². The number of hydrogen-bond donors (Lipinski definition) is 0. The molecule has 0 saturated carbocycles. The van der Waals surface area contributed by atoms with Crippen LogP contribution in [-0.4, -0.2) is 14.9 Å². The fraction of sp³-hybridized carbons (Fsp3) is 0.636. The van der Waals surface area contributed by atoms with Gasteiger partial charge in [0.05, 0.1) is 6.61 Å². The average molecular weight is 275 g/mol. The molecular formula is C11H19BrOSi. The fourth-order valence-corrected chi connectivity index (χ4v) is 1.69. The molecule has 0 aliphatic carbocycles. The van der Waals surface area contributed by atoms with E-state index in [1.54, 1.807) is 0 Å². The van der Waals surface area contributed by atoms with Crippen LogP contribution >= 0.6 is 15.9 Å². The summed E-state index contributed by atoms with van der Waals surface area (Å²) in [4.78, 5) is 2.63. The Morgan fingerprint density at radius 2 is 1.93 bits per heavy atom. The Balaban J connectivity index is 4.05. The molecule has 0 amide bonds. The van der Waals surface area contributed by atoms with Gasteiger partial charge in [0.15, 0.2) is 8.32 Å². The zero-order valence-electron chi connectivity index (χ0n) is 9.65. The van der Waals surface area contributed by atoms with Gasteiger partial charge in [0.25, 0.3) is 0 Å². The average Bonchev–Trinajstić information content (AvgIpc) is 2.02. The topological polar surface area (TPSA) is 9.23 Å². The molecular weight excluding hydrogens is 256 g/mol. The highest BCUT2D eigenvalue weighted by Gasteiger charge is 2.36. The van der Waals surface area contributed by atoms with Gasteiger partial charge < -0.3 is 4.43 Å². The van der Waals surface area contributed by atoms with Crippen molar-refractivity contribution < 1.29 is 4.43 Å². The summed E-state index contributed by atoms with van der Waals surface area (Å²) in [7, 11) is -1.58. The summed E-state index contributed by atoms with van der Waals surface area (Å²) < 4.78 is 5.91. The third-order valence-corrected chi connectivity index (χ3v) is 7.33. The van der Waals surface area contributed by atoms with Gasteiger partial charge in [-0.25, -0.2) is 0 Å². The molecule has 0 bridgehead atoms. The first-order valence-corrected chi connectivity index (χ1v) is 8.41. The largest absolute Gasteiger partial charge is 0.413 e. The second-order valence-corrected chi connectivity index (χ2v) is 9.92. The van der Waals surface area contributed by atoms with Crippen molar-refractivity contribution in [3.05, 3.63) is 12.2 Å². The first-order valence-electron chi connectivity index (χ1n) is 4.71. The molecule has 0 rings (SSSR count). The molecule has 80 valence electrons. The monoisotopic (exact) mass is 274 g/mol. The smallest absolute Gasteiger partial charge is 0.192 e. The standard InChI is InChI=1S/C11H19BrOSi/c1-11(2,3)14(4,5)13-10-8-6-7-9-12/h6,8H,10H2,1-5H3/b8-6+.